The van der Waals surface area contributed by atoms with Crippen molar-refractivity contribution in [2.75, 3.05) is 0 Å². The highest BCUT2D eigenvalue weighted by Gasteiger charge is 2.33. The average Bonchev–Trinajstić information content (AvgIpc) is 2.85. The zero-order chi connectivity index (χ0) is 17.1. The fraction of sp³-hybridized carbons (Fsp3) is 0. The lowest BCUT2D eigenvalue weighted by Gasteiger charge is -2.15. The van der Waals surface area contributed by atoms with Gasteiger partial charge in [-0.25, -0.2) is 4.39 Å². The van der Waals surface area contributed by atoms with Crippen LogP contribution >= 0.6 is 24.0 Å². The summed E-state index contributed by atoms with van der Waals surface area (Å²) in [7, 11) is 0. The van der Waals surface area contributed by atoms with Crippen molar-refractivity contribution >= 4 is 46.2 Å². The molecule has 5 nitrogen and oxygen atoms in total. The van der Waals surface area contributed by atoms with Gasteiger partial charge in [0.05, 0.1) is 4.91 Å². The standard InChI is InChI=1S/C16H10FN3O2S2/c17-12-4-2-1-3-11(12)9-13-15(22)20(16(23)24-13)19-14(21)10-5-7-18-8-6-10/h1-9H,(H,19,21). The first-order chi connectivity index (χ1) is 11.6. The van der Waals surface area contributed by atoms with Gasteiger partial charge in [-0.1, -0.05) is 30.0 Å². The van der Waals surface area contributed by atoms with E-state index in [1.165, 1.54) is 36.7 Å². The molecule has 2 amide bonds. The Morgan fingerprint density at radius 2 is 1.96 bits per heavy atom. The van der Waals surface area contributed by atoms with E-state index in [9.17, 15) is 14.0 Å². The van der Waals surface area contributed by atoms with Crippen LogP contribution in [0.25, 0.3) is 6.08 Å². The third-order valence-corrected chi connectivity index (χ3v) is 4.44. The number of hydrogen-bond acceptors (Lipinski definition) is 5. The minimum Gasteiger partial charge on any atom is -0.267 e. The number of nitrogens with one attached hydrogen (secondary N) is 1. The summed E-state index contributed by atoms with van der Waals surface area (Å²) in [4.78, 5) is 28.6. The largest absolute Gasteiger partial charge is 0.285 e. The second-order valence-corrected chi connectivity index (χ2v) is 6.39. The number of hydrazine groups is 1. The Morgan fingerprint density at radius 3 is 2.67 bits per heavy atom. The molecule has 1 N–H and O–H groups in total. The third-order valence-electron chi connectivity index (χ3n) is 3.14. The van der Waals surface area contributed by atoms with E-state index in [-0.39, 0.29) is 14.8 Å². The highest BCUT2D eigenvalue weighted by Crippen LogP contribution is 2.31. The SMILES string of the molecule is O=C(NN1C(=O)C(=Cc2ccccc2F)SC1=S)c1ccncc1. The Balaban J connectivity index is 1.80. The van der Waals surface area contributed by atoms with Gasteiger partial charge in [-0.15, -0.1) is 0 Å². The number of thioether (sulfide) groups is 1. The fourth-order valence-corrected chi connectivity index (χ4v) is 3.14. The Hall–Kier alpha value is -2.58. The average molecular weight is 359 g/mol. The number of halogens is 1. The van der Waals surface area contributed by atoms with Gasteiger partial charge in [0.25, 0.3) is 11.8 Å². The molecule has 1 aromatic carbocycles. The van der Waals surface area contributed by atoms with Gasteiger partial charge in [-0.3, -0.25) is 20.0 Å². The molecular formula is C16H10FN3O2S2. The highest BCUT2D eigenvalue weighted by atomic mass is 32.2. The van der Waals surface area contributed by atoms with Crippen molar-refractivity contribution in [3.8, 4) is 0 Å². The summed E-state index contributed by atoms with van der Waals surface area (Å²) < 4.78 is 13.9. The zero-order valence-corrected chi connectivity index (χ0v) is 13.7. The highest BCUT2D eigenvalue weighted by molar-refractivity contribution is 8.26. The van der Waals surface area contributed by atoms with Crippen LogP contribution in [0.3, 0.4) is 0 Å². The molecule has 0 atom stereocenters. The van der Waals surface area contributed by atoms with Crippen LogP contribution in [0, 0.1) is 5.82 Å². The Morgan fingerprint density at radius 1 is 1.25 bits per heavy atom. The number of nitrogens with zero attached hydrogens (tertiary/aromatic N) is 2. The molecule has 2 heterocycles. The number of amides is 2. The number of thiocarbonyl (C=S) groups is 1. The maximum absolute atomic E-state index is 13.7. The molecule has 24 heavy (non-hydrogen) atoms. The maximum Gasteiger partial charge on any atom is 0.285 e. The molecule has 1 aliphatic rings. The molecule has 1 fully saturated rings. The van der Waals surface area contributed by atoms with Crippen molar-refractivity contribution in [1.82, 2.24) is 15.4 Å². The van der Waals surface area contributed by atoms with Crippen LogP contribution in [-0.2, 0) is 4.79 Å². The number of aromatic nitrogens is 1. The second kappa shape index (κ2) is 6.90. The minimum atomic E-state index is -0.504. The van der Waals surface area contributed by atoms with E-state index < -0.39 is 17.6 Å². The van der Waals surface area contributed by atoms with E-state index in [1.54, 1.807) is 18.2 Å². The van der Waals surface area contributed by atoms with E-state index in [0.29, 0.717) is 5.56 Å². The maximum atomic E-state index is 13.7. The molecule has 0 unspecified atom stereocenters. The van der Waals surface area contributed by atoms with Gasteiger partial charge in [0.2, 0.25) is 0 Å². The molecular weight excluding hydrogens is 349 g/mol. The van der Waals surface area contributed by atoms with Crippen molar-refractivity contribution in [3.05, 3.63) is 70.6 Å². The molecule has 2 aromatic rings. The van der Waals surface area contributed by atoms with Crippen molar-refractivity contribution in [3.63, 3.8) is 0 Å². The normalized spacial score (nSPS) is 15.9. The van der Waals surface area contributed by atoms with Gasteiger partial charge in [0, 0.05) is 23.5 Å². The fourth-order valence-electron chi connectivity index (χ4n) is 1.97. The molecule has 0 bridgehead atoms. The van der Waals surface area contributed by atoms with Gasteiger partial charge in [-0.05, 0) is 36.5 Å². The number of benzene rings is 1. The van der Waals surface area contributed by atoms with Crippen molar-refractivity contribution < 1.29 is 14.0 Å². The second-order valence-electron chi connectivity index (χ2n) is 4.72. The molecule has 0 aliphatic carbocycles. The quantitative estimate of drug-likeness (QED) is 0.674. The first kappa shape index (κ1) is 16.3. The first-order valence-corrected chi connectivity index (χ1v) is 8.02. The molecule has 120 valence electrons. The Labute approximate surface area is 146 Å². The van der Waals surface area contributed by atoms with Gasteiger partial charge in [0.15, 0.2) is 4.32 Å². The van der Waals surface area contributed by atoms with Crippen LogP contribution in [0.1, 0.15) is 15.9 Å². The summed E-state index contributed by atoms with van der Waals surface area (Å²) >= 11 is 6.12. The number of carbonyl (C=O) groups excluding carboxylic acids is 2. The van der Waals surface area contributed by atoms with Crippen LogP contribution in [0.5, 0.6) is 0 Å². The molecule has 0 spiro atoms. The summed E-state index contributed by atoms with van der Waals surface area (Å²) in [6, 6.07) is 9.12. The zero-order valence-electron chi connectivity index (χ0n) is 12.1. The lowest BCUT2D eigenvalue weighted by atomic mass is 10.2. The first-order valence-electron chi connectivity index (χ1n) is 6.80. The van der Waals surface area contributed by atoms with Crippen molar-refractivity contribution in [2.45, 2.75) is 0 Å². The number of pyridine rings is 1. The van der Waals surface area contributed by atoms with Gasteiger partial charge in [-0.2, -0.15) is 5.01 Å². The van der Waals surface area contributed by atoms with E-state index in [1.807, 2.05) is 0 Å². The van der Waals surface area contributed by atoms with Crippen LogP contribution in [-0.4, -0.2) is 26.1 Å². The third kappa shape index (κ3) is 3.34. The monoisotopic (exact) mass is 359 g/mol. The molecule has 0 saturated carbocycles. The van der Waals surface area contributed by atoms with Crippen LogP contribution in [0.15, 0.2) is 53.7 Å². The number of carbonyl (C=O) groups is 2. The number of hydrogen-bond donors (Lipinski definition) is 1. The van der Waals surface area contributed by atoms with E-state index >= 15 is 0 Å². The van der Waals surface area contributed by atoms with Crippen molar-refractivity contribution in [2.24, 2.45) is 0 Å². The lowest BCUT2D eigenvalue weighted by molar-refractivity contribution is -0.123. The molecule has 1 aromatic heterocycles. The van der Waals surface area contributed by atoms with Gasteiger partial charge >= 0.3 is 0 Å². The van der Waals surface area contributed by atoms with E-state index in [0.717, 1.165) is 16.8 Å². The van der Waals surface area contributed by atoms with E-state index in [4.69, 9.17) is 12.2 Å². The molecule has 1 saturated heterocycles. The molecule has 0 radical (unpaired) electrons. The summed E-state index contributed by atoms with van der Waals surface area (Å²) in [6.45, 7) is 0. The minimum absolute atomic E-state index is 0.171. The van der Waals surface area contributed by atoms with E-state index in [2.05, 4.69) is 10.4 Å². The van der Waals surface area contributed by atoms with Crippen molar-refractivity contribution in [1.29, 1.82) is 0 Å². The Kier molecular flexibility index (Phi) is 4.68. The van der Waals surface area contributed by atoms with Crippen LogP contribution in [0.2, 0.25) is 0 Å². The van der Waals surface area contributed by atoms with Gasteiger partial charge < -0.3 is 0 Å². The molecule has 8 heteroatoms. The molecule has 1 aliphatic heterocycles. The summed E-state index contributed by atoms with van der Waals surface area (Å²) in [5.41, 5.74) is 3.07. The topological polar surface area (TPSA) is 62.3 Å². The Bertz CT molecular complexity index is 855. The van der Waals surface area contributed by atoms with Crippen LogP contribution in [0.4, 0.5) is 4.39 Å². The molecule has 3 rings (SSSR count). The smallest absolute Gasteiger partial charge is 0.267 e. The van der Waals surface area contributed by atoms with Gasteiger partial charge in [0.1, 0.15) is 5.82 Å². The predicted molar refractivity (Wildman–Crippen MR) is 93.1 cm³/mol. The van der Waals surface area contributed by atoms with Crippen LogP contribution < -0.4 is 5.43 Å². The lowest BCUT2D eigenvalue weighted by Crippen LogP contribution is -2.44. The summed E-state index contributed by atoms with van der Waals surface area (Å²) in [6.07, 6.45) is 4.35. The predicted octanol–water partition coefficient (Wildman–Crippen LogP) is 2.77. The summed E-state index contributed by atoms with van der Waals surface area (Å²) in [5.74, 6) is -1.43. The number of rotatable bonds is 3. The summed E-state index contributed by atoms with van der Waals surface area (Å²) in [5, 5.41) is 0.982.